The Hall–Kier alpha value is -2.58. The highest BCUT2D eigenvalue weighted by molar-refractivity contribution is 7.89. The molecular formula is C23H28N2O5S. The minimum absolute atomic E-state index is 0.109. The predicted molar refractivity (Wildman–Crippen MR) is 118 cm³/mol. The standard InChI is InChI=1S/C23H28N2O5S/c1-15-5-7-20-18(13-15)14-30-23(26)25(20)19-9-11-24(12-10-19)31(27,28)21-8-6-16(2)17(3)22(21)29-4/h5-8,13,19H,9-12,14H2,1-4H3. The van der Waals surface area contributed by atoms with Crippen LogP contribution in [-0.2, 0) is 21.4 Å². The van der Waals surface area contributed by atoms with Gasteiger partial charge in [-0.3, -0.25) is 4.90 Å². The highest BCUT2D eigenvalue weighted by Crippen LogP contribution is 2.36. The summed E-state index contributed by atoms with van der Waals surface area (Å²) in [5.41, 5.74) is 4.75. The molecule has 2 heterocycles. The van der Waals surface area contributed by atoms with Crippen molar-refractivity contribution in [2.75, 3.05) is 25.1 Å². The molecule has 4 rings (SSSR count). The maximum Gasteiger partial charge on any atom is 0.414 e. The van der Waals surface area contributed by atoms with Gasteiger partial charge in [0.25, 0.3) is 0 Å². The van der Waals surface area contributed by atoms with E-state index >= 15 is 0 Å². The Labute approximate surface area is 183 Å². The first-order valence-electron chi connectivity index (χ1n) is 10.4. The van der Waals surface area contributed by atoms with Crippen LogP contribution in [0.25, 0.3) is 0 Å². The molecule has 1 saturated heterocycles. The zero-order valence-corrected chi connectivity index (χ0v) is 19.2. The lowest BCUT2D eigenvalue weighted by molar-refractivity contribution is 0.135. The molecule has 2 aliphatic heterocycles. The Morgan fingerprint density at radius 3 is 2.45 bits per heavy atom. The molecule has 0 bridgehead atoms. The first kappa shape index (κ1) is 21.6. The number of methoxy groups -OCH3 is 1. The first-order valence-corrected chi connectivity index (χ1v) is 11.9. The number of carbonyl (C=O) groups is 1. The van der Waals surface area contributed by atoms with Gasteiger partial charge in [-0.25, -0.2) is 13.2 Å². The number of benzene rings is 2. The zero-order chi connectivity index (χ0) is 22.3. The number of hydrogen-bond acceptors (Lipinski definition) is 5. The van der Waals surface area contributed by atoms with E-state index in [1.807, 2.05) is 39.0 Å². The predicted octanol–water partition coefficient (Wildman–Crippen LogP) is 3.93. The third-order valence-corrected chi connectivity index (χ3v) is 8.22. The topological polar surface area (TPSA) is 76.2 Å². The summed E-state index contributed by atoms with van der Waals surface area (Å²) < 4.78 is 39.0. The van der Waals surface area contributed by atoms with Crippen molar-refractivity contribution < 1.29 is 22.7 Å². The second-order valence-corrected chi connectivity index (χ2v) is 10.1. The summed E-state index contributed by atoms with van der Waals surface area (Å²) in [7, 11) is -2.21. The smallest absolute Gasteiger partial charge is 0.414 e. The Morgan fingerprint density at radius 1 is 1.06 bits per heavy atom. The number of rotatable bonds is 4. The van der Waals surface area contributed by atoms with E-state index in [2.05, 4.69) is 0 Å². The van der Waals surface area contributed by atoms with Gasteiger partial charge in [-0.2, -0.15) is 4.31 Å². The van der Waals surface area contributed by atoms with E-state index in [9.17, 15) is 13.2 Å². The van der Waals surface area contributed by atoms with Crippen molar-refractivity contribution in [1.82, 2.24) is 4.31 Å². The van der Waals surface area contributed by atoms with Crippen molar-refractivity contribution in [2.45, 2.75) is 51.2 Å². The Kier molecular flexibility index (Phi) is 5.70. The average molecular weight is 445 g/mol. The van der Waals surface area contributed by atoms with Gasteiger partial charge in [0.2, 0.25) is 10.0 Å². The number of hydrogen-bond donors (Lipinski definition) is 0. The van der Waals surface area contributed by atoms with Gasteiger partial charge in [0, 0.05) is 24.7 Å². The number of anilines is 1. The summed E-state index contributed by atoms with van der Waals surface area (Å²) in [6, 6.07) is 9.27. The van der Waals surface area contributed by atoms with E-state index in [0.717, 1.165) is 27.9 Å². The Morgan fingerprint density at radius 2 is 1.77 bits per heavy atom. The summed E-state index contributed by atoms with van der Waals surface area (Å²) in [5, 5.41) is 0. The number of nitrogens with zero attached hydrogens (tertiary/aromatic N) is 2. The monoisotopic (exact) mass is 444 g/mol. The summed E-state index contributed by atoms with van der Waals surface area (Å²) in [4.78, 5) is 14.4. The van der Waals surface area contributed by atoms with Crippen molar-refractivity contribution in [3.8, 4) is 5.75 Å². The van der Waals surface area contributed by atoms with Gasteiger partial charge in [-0.1, -0.05) is 23.8 Å². The van der Waals surface area contributed by atoms with Crippen LogP contribution in [0.2, 0.25) is 0 Å². The quantitative estimate of drug-likeness (QED) is 0.714. The van der Waals surface area contributed by atoms with Crippen LogP contribution in [0.3, 0.4) is 0 Å². The van der Waals surface area contributed by atoms with E-state index in [4.69, 9.17) is 9.47 Å². The summed E-state index contributed by atoms with van der Waals surface area (Å²) in [6.45, 7) is 6.72. The fourth-order valence-electron chi connectivity index (χ4n) is 4.42. The fourth-order valence-corrected chi connectivity index (χ4v) is 6.10. The van der Waals surface area contributed by atoms with Crippen molar-refractivity contribution in [1.29, 1.82) is 0 Å². The van der Waals surface area contributed by atoms with Crippen molar-refractivity contribution >= 4 is 21.8 Å². The van der Waals surface area contributed by atoms with Gasteiger partial charge in [0.05, 0.1) is 12.8 Å². The van der Waals surface area contributed by atoms with Crippen molar-refractivity contribution in [2.24, 2.45) is 0 Å². The van der Waals surface area contributed by atoms with Gasteiger partial charge in [0.15, 0.2) is 0 Å². The Balaban J connectivity index is 1.56. The summed E-state index contributed by atoms with van der Waals surface area (Å²) >= 11 is 0. The molecule has 166 valence electrons. The van der Waals surface area contributed by atoms with Crippen LogP contribution in [0.4, 0.5) is 10.5 Å². The van der Waals surface area contributed by atoms with Crippen LogP contribution in [0.15, 0.2) is 35.2 Å². The van der Waals surface area contributed by atoms with Crippen molar-refractivity contribution in [3.05, 3.63) is 52.6 Å². The van der Waals surface area contributed by atoms with Crippen molar-refractivity contribution in [3.63, 3.8) is 0 Å². The van der Waals surface area contributed by atoms with E-state index in [0.29, 0.717) is 31.7 Å². The van der Waals surface area contributed by atoms with Crippen LogP contribution in [0.5, 0.6) is 5.75 Å². The summed E-state index contributed by atoms with van der Waals surface area (Å²) in [5.74, 6) is 0.394. The number of carbonyl (C=O) groups excluding carboxylic acids is 1. The molecule has 2 aromatic rings. The van der Waals surface area contributed by atoms with Crippen LogP contribution >= 0.6 is 0 Å². The second-order valence-electron chi connectivity index (χ2n) is 8.23. The van der Waals surface area contributed by atoms with Gasteiger partial charge < -0.3 is 9.47 Å². The van der Waals surface area contributed by atoms with E-state index in [1.54, 1.807) is 17.0 Å². The molecule has 2 aliphatic rings. The molecule has 0 unspecified atom stereocenters. The average Bonchev–Trinajstić information content (AvgIpc) is 2.75. The highest BCUT2D eigenvalue weighted by atomic mass is 32.2. The van der Waals surface area contributed by atoms with Crippen LogP contribution in [0.1, 0.15) is 35.1 Å². The second kappa shape index (κ2) is 8.16. The van der Waals surface area contributed by atoms with E-state index < -0.39 is 10.0 Å². The van der Waals surface area contributed by atoms with E-state index in [1.165, 1.54) is 11.4 Å². The van der Waals surface area contributed by atoms with Gasteiger partial charge in [0.1, 0.15) is 17.3 Å². The molecule has 0 N–H and O–H groups in total. The molecule has 0 spiro atoms. The van der Waals surface area contributed by atoms with Gasteiger partial charge in [-0.15, -0.1) is 0 Å². The number of ether oxygens (including phenoxy) is 2. The normalized spacial score (nSPS) is 17.9. The molecule has 0 aliphatic carbocycles. The molecule has 7 nitrogen and oxygen atoms in total. The minimum Gasteiger partial charge on any atom is -0.495 e. The third kappa shape index (κ3) is 3.78. The molecule has 2 aromatic carbocycles. The highest BCUT2D eigenvalue weighted by Gasteiger charge is 2.38. The molecule has 0 aromatic heterocycles. The maximum absolute atomic E-state index is 13.4. The lowest BCUT2D eigenvalue weighted by atomic mass is 10.0. The molecule has 0 saturated carbocycles. The largest absolute Gasteiger partial charge is 0.495 e. The van der Waals surface area contributed by atoms with Crippen LogP contribution < -0.4 is 9.64 Å². The first-order chi connectivity index (χ1) is 14.7. The van der Waals surface area contributed by atoms with Gasteiger partial charge in [-0.05, 0) is 56.9 Å². The zero-order valence-electron chi connectivity index (χ0n) is 18.3. The molecule has 1 fully saturated rings. The van der Waals surface area contributed by atoms with Crippen LogP contribution in [0, 0.1) is 20.8 Å². The third-order valence-electron chi connectivity index (χ3n) is 6.29. The molecule has 31 heavy (non-hydrogen) atoms. The number of fused-ring (bicyclic) bond motifs is 1. The molecular weight excluding hydrogens is 416 g/mol. The summed E-state index contributed by atoms with van der Waals surface area (Å²) in [6.07, 6.45) is 0.706. The lowest BCUT2D eigenvalue weighted by Gasteiger charge is -2.40. The van der Waals surface area contributed by atoms with Gasteiger partial charge >= 0.3 is 6.09 Å². The Bertz CT molecular complexity index is 1120. The SMILES string of the molecule is COc1c(S(=O)(=O)N2CCC(N3C(=O)OCc4cc(C)ccc43)CC2)ccc(C)c1C. The van der Waals surface area contributed by atoms with Crippen LogP contribution in [-0.4, -0.2) is 45.1 Å². The number of piperidine rings is 1. The molecule has 0 atom stereocenters. The molecule has 8 heteroatoms. The fraction of sp³-hybridized carbons (Fsp3) is 0.435. The number of aryl methyl sites for hydroxylation is 2. The number of sulfonamides is 1. The maximum atomic E-state index is 13.4. The van der Waals surface area contributed by atoms with E-state index in [-0.39, 0.29) is 23.6 Å². The number of amides is 1. The number of cyclic esters (lactones) is 1. The molecule has 1 amide bonds. The minimum atomic E-state index is -3.70. The molecule has 0 radical (unpaired) electrons. The lowest BCUT2D eigenvalue weighted by Crippen LogP contribution is -2.50.